The predicted octanol–water partition coefficient (Wildman–Crippen LogP) is 3.13. The molecule has 0 aliphatic carbocycles. The maximum Gasteiger partial charge on any atom is 0.129 e. The number of hydrogen-bond donors (Lipinski definition) is 1. The SMILES string of the molecule is Brc1cccc(CNCCCOCc2ccco2)n1. The first-order valence-corrected chi connectivity index (χ1v) is 7.06. The number of pyridine rings is 1. The Morgan fingerprint density at radius 3 is 3.00 bits per heavy atom. The second kappa shape index (κ2) is 8.09. The minimum Gasteiger partial charge on any atom is -0.467 e. The molecule has 102 valence electrons. The fraction of sp³-hybridized carbons (Fsp3) is 0.357. The van der Waals surface area contributed by atoms with Gasteiger partial charge in [-0.25, -0.2) is 4.98 Å². The van der Waals surface area contributed by atoms with Crippen LogP contribution in [-0.4, -0.2) is 18.1 Å². The quantitative estimate of drug-likeness (QED) is 0.598. The molecule has 0 amide bonds. The van der Waals surface area contributed by atoms with E-state index >= 15 is 0 Å². The van der Waals surface area contributed by atoms with Gasteiger partial charge in [-0.15, -0.1) is 0 Å². The molecule has 0 aliphatic rings. The maximum atomic E-state index is 5.49. The molecule has 0 aliphatic heterocycles. The van der Waals surface area contributed by atoms with Crippen molar-refractivity contribution < 1.29 is 9.15 Å². The molecule has 19 heavy (non-hydrogen) atoms. The van der Waals surface area contributed by atoms with E-state index < -0.39 is 0 Å². The molecule has 5 heteroatoms. The van der Waals surface area contributed by atoms with Gasteiger partial charge in [0.05, 0.1) is 12.0 Å². The van der Waals surface area contributed by atoms with Crippen LogP contribution < -0.4 is 5.32 Å². The molecule has 1 N–H and O–H groups in total. The number of halogens is 1. The fourth-order valence-electron chi connectivity index (χ4n) is 1.63. The zero-order chi connectivity index (χ0) is 13.3. The first kappa shape index (κ1) is 14.2. The van der Waals surface area contributed by atoms with Crippen LogP contribution in [0.3, 0.4) is 0 Å². The van der Waals surface area contributed by atoms with Crippen molar-refractivity contribution >= 4 is 15.9 Å². The molecule has 0 saturated carbocycles. The molecule has 0 fully saturated rings. The van der Waals surface area contributed by atoms with Crippen LogP contribution in [0.4, 0.5) is 0 Å². The number of nitrogens with zero attached hydrogens (tertiary/aromatic N) is 1. The minimum absolute atomic E-state index is 0.542. The van der Waals surface area contributed by atoms with Gasteiger partial charge in [0.15, 0.2) is 0 Å². The molecular weight excluding hydrogens is 308 g/mol. The highest BCUT2D eigenvalue weighted by Gasteiger charge is 1.97. The average molecular weight is 325 g/mol. The summed E-state index contributed by atoms with van der Waals surface area (Å²) in [6.45, 7) is 2.95. The van der Waals surface area contributed by atoms with E-state index in [1.54, 1.807) is 6.26 Å². The number of nitrogens with one attached hydrogen (secondary N) is 1. The molecule has 0 unspecified atom stereocenters. The third-order valence-electron chi connectivity index (χ3n) is 2.55. The summed E-state index contributed by atoms with van der Waals surface area (Å²) in [7, 11) is 0. The van der Waals surface area contributed by atoms with Crippen molar-refractivity contribution in [2.24, 2.45) is 0 Å². The van der Waals surface area contributed by atoms with E-state index in [2.05, 4.69) is 26.2 Å². The van der Waals surface area contributed by atoms with Gasteiger partial charge in [-0.1, -0.05) is 6.07 Å². The smallest absolute Gasteiger partial charge is 0.129 e. The lowest BCUT2D eigenvalue weighted by Crippen LogP contribution is -2.17. The van der Waals surface area contributed by atoms with Crippen LogP contribution in [0.15, 0.2) is 45.6 Å². The molecule has 0 bridgehead atoms. The molecular formula is C14H17BrN2O2. The first-order chi connectivity index (χ1) is 9.34. The van der Waals surface area contributed by atoms with Crippen LogP contribution in [0.5, 0.6) is 0 Å². The van der Waals surface area contributed by atoms with Gasteiger partial charge in [-0.05, 0) is 53.2 Å². The van der Waals surface area contributed by atoms with Crippen LogP contribution in [0.1, 0.15) is 17.9 Å². The van der Waals surface area contributed by atoms with E-state index in [-0.39, 0.29) is 0 Å². The van der Waals surface area contributed by atoms with Crippen molar-refractivity contribution in [2.45, 2.75) is 19.6 Å². The third-order valence-corrected chi connectivity index (χ3v) is 2.99. The summed E-state index contributed by atoms with van der Waals surface area (Å²) >= 11 is 3.36. The van der Waals surface area contributed by atoms with E-state index in [1.807, 2.05) is 30.3 Å². The van der Waals surface area contributed by atoms with Gasteiger partial charge >= 0.3 is 0 Å². The summed E-state index contributed by atoms with van der Waals surface area (Å²) < 4.78 is 11.5. The number of aromatic nitrogens is 1. The third kappa shape index (κ3) is 5.55. The number of hydrogen-bond acceptors (Lipinski definition) is 4. The van der Waals surface area contributed by atoms with E-state index in [9.17, 15) is 0 Å². The monoisotopic (exact) mass is 324 g/mol. The standard InChI is InChI=1S/C14H17BrN2O2/c15-14-6-1-4-12(17-14)10-16-7-3-8-18-11-13-5-2-9-19-13/h1-2,4-6,9,16H,3,7-8,10-11H2. The van der Waals surface area contributed by atoms with Crippen molar-refractivity contribution in [1.82, 2.24) is 10.3 Å². The van der Waals surface area contributed by atoms with Crippen LogP contribution in [0.2, 0.25) is 0 Å². The summed E-state index contributed by atoms with van der Waals surface area (Å²) in [5.74, 6) is 0.867. The van der Waals surface area contributed by atoms with E-state index in [0.29, 0.717) is 6.61 Å². The Morgan fingerprint density at radius 2 is 2.21 bits per heavy atom. The molecule has 2 aromatic heterocycles. The molecule has 0 spiro atoms. The van der Waals surface area contributed by atoms with E-state index in [0.717, 1.165) is 42.2 Å². The Bertz CT molecular complexity index is 474. The van der Waals surface area contributed by atoms with Gasteiger partial charge in [0.25, 0.3) is 0 Å². The Hall–Kier alpha value is -1.17. The topological polar surface area (TPSA) is 47.3 Å². The van der Waals surface area contributed by atoms with Crippen molar-refractivity contribution in [3.63, 3.8) is 0 Å². The number of rotatable bonds is 8. The van der Waals surface area contributed by atoms with E-state index in [4.69, 9.17) is 9.15 Å². The van der Waals surface area contributed by atoms with Crippen LogP contribution >= 0.6 is 15.9 Å². The highest BCUT2D eigenvalue weighted by Crippen LogP contribution is 2.06. The summed E-state index contributed by atoms with van der Waals surface area (Å²) in [6.07, 6.45) is 2.62. The minimum atomic E-state index is 0.542. The van der Waals surface area contributed by atoms with Crippen molar-refractivity contribution in [2.75, 3.05) is 13.2 Å². The Kier molecular flexibility index (Phi) is 6.07. The second-order valence-electron chi connectivity index (χ2n) is 4.11. The van der Waals surface area contributed by atoms with E-state index in [1.165, 1.54) is 0 Å². The van der Waals surface area contributed by atoms with Crippen molar-refractivity contribution in [3.05, 3.63) is 52.7 Å². The lowest BCUT2D eigenvalue weighted by molar-refractivity contribution is 0.104. The molecule has 2 rings (SSSR count). The van der Waals surface area contributed by atoms with Gasteiger partial charge in [-0.2, -0.15) is 0 Å². The highest BCUT2D eigenvalue weighted by atomic mass is 79.9. The second-order valence-corrected chi connectivity index (χ2v) is 4.93. The lowest BCUT2D eigenvalue weighted by Gasteiger charge is -2.05. The summed E-state index contributed by atoms with van der Waals surface area (Å²) in [5.41, 5.74) is 1.03. The summed E-state index contributed by atoms with van der Waals surface area (Å²) in [6, 6.07) is 9.69. The number of furan rings is 1. The first-order valence-electron chi connectivity index (χ1n) is 6.27. The Balaban J connectivity index is 1.50. The predicted molar refractivity (Wildman–Crippen MR) is 76.6 cm³/mol. The van der Waals surface area contributed by atoms with Crippen molar-refractivity contribution in [3.8, 4) is 0 Å². The van der Waals surface area contributed by atoms with Crippen LogP contribution in [-0.2, 0) is 17.9 Å². The highest BCUT2D eigenvalue weighted by molar-refractivity contribution is 9.10. The molecule has 0 saturated heterocycles. The average Bonchev–Trinajstić information content (AvgIpc) is 2.91. The number of ether oxygens (including phenoxy) is 1. The lowest BCUT2D eigenvalue weighted by atomic mass is 10.3. The molecule has 0 aromatic carbocycles. The zero-order valence-electron chi connectivity index (χ0n) is 10.6. The fourth-order valence-corrected chi connectivity index (χ4v) is 2.01. The van der Waals surface area contributed by atoms with Crippen LogP contribution in [0.25, 0.3) is 0 Å². The summed E-state index contributed by atoms with van der Waals surface area (Å²) in [4.78, 5) is 4.35. The Morgan fingerprint density at radius 1 is 1.26 bits per heavy atom. The molecule has 0 atom stereocenters. The van der Waals surface area contributed by atoms with Gasteiger partial charge in [-0.3, -0.25) is 0 Å². The molecule has 2 heterocycles. The van der Waals surface area contributed by atoms with Crippen molar-refractivity contribution in [1.29, 1.82) is 0 Å². The van der Waals surface area contributed by atoms with Crippen LogP contribution in [0, 0.1) is 0 Å². The maximum absolute atomic E-state index is 5.49. The zero-order valence-corrected chi connectivity index (χ0v) is 12.2. The van der Waals surface area contributed by atoms with Gasteiger partial charge in [0.2, 0.25) is 0 Å². The molecule has 2 aromatic rings. The van der Waals surface area contributed by atoms with Gasteiger partial charge in [0, 0.05) is 13.2 Å². The van der Waals surface area contributed by atoms with Gasteiger partial charge in [0.1, 0.15) is 17.0 Å². The molecule has 4 nitrogen and oxygen atoms in total. The summed E-state index contributed by atoms with van der Waals surface area (Å²) in [5, 5.41) is 3.34. The molecule has 0 radical (unpaired) electrons. The largest absolute Gasteiger partial charge is 0.467 e. The normalized spacial score (nSPS) is 10.8. The van der Waals surface area contributed by atoms with Gasteiger partial charge < -0.3 is 14.5 Å². The Labute approximate surface area is 121 Å².